The number of piperazine rings is 1. The highest BCUT2D eigenvalue weighted by Crippen LogP contribution is 2.28. The molecule has 3 aromatic carbocycles. The number of halogens is 1. The lowest BCUT2D eigenvalue weighted by atomic mass is 10.0. The van der Waals surface area contributed by atoms with E-state index in [1.807, 2.05) is 59.5 Å². The van der Waals surface area contributed by atoms with E-state index in [9.17, 15) is 9.59 Å². The Morgan fingerprint density at radius 3 is 2.35 bits per heavy atom. The number of rotatable bonds is 6. The van der Waals surface area contributed by atoms with Crippen LogP contribution in [-0.2, 0) is 11.3 Å². The molecule has 5 nitrogen and oxygen atoms in total. The Morgan fingerprint density at radius 1 is 0.935 bits per heavy atom. The molecule has 1 amide bonds. The summed E-state index contributed by atoms with van der Waals surface area (Å²) in [4.78, 5) is 29.1. The molecule has 1 aliphatic heterocycles. The quantitative estimate of drug-likeness (QED) is 0.537. The Balaban J connectivity index is 1.34. The molecule has 1 saturated heterocycles. The normalized spacial score (nSPS) is 14.6. The van der Waals surface area contributed by atoms with Crippen molar-refractivity contribution in [3.63, 3.8) is 0 Å². The number of hydrogen-bond donors (Lipinski definition) is 0. The van der Waals surface area contributed by atoms with E-state index >= 15 is 0 Å². The summed E-state index contributed by atoms with van der Waals surface area (Å²) in [6.45, 7) is 5.23. The van der Waals surface area contributed by atoms with Crippen molar-refractivity contribution in [2.24, 2.45) is 0 Å². The molecule has 3 aromatic rings. The van der Waals surface area contributed by atoms with Crippen molar-refractivity contribution < 1.29 is 14.3 Å². The highest BCUT2D eigenvalue weighted by atomic mass is 35.5. The van der Waals surface area contributed by atoms with E-state index in [1.165, 1.54) is 12.5 Å². The predicted octanol–water partition coefficient (Wildman–Crippen LogP) is 4.42. The van der Waals surface area contributed by atoms with Crippen LogP contribution in [0.3, 0.4) is 0 Å². The van der Waals surface area contributed by atoms with Gasteiger partial charge in [0.15, 0.2) is 12.4 Å². The zero-order valence-corrected chi connectivity index (χ0v) is 18.3. The Bertz CT molecular complexity index is 1090. The molecule has 0 aliphatic carbocycles. The van der Waals surface area contributed by atoms with Crippen LogP contribution in [0.5, 0.6) is 5.75 Å². The Labute approximate surface area is 187 Å². The van der Waals surface area contributed by atoms with Crippen molar-refractivity contribution in [1.82, 2.24) is 9.80 Å². The first-order valence-electron chi connectivity index (χ1n) is 10.4. The Hall–Kier alpha value is -2.89. The number of carbonyl (C=O) groups is 2. The summed E-state index contributed by atoms with van der Waals surface area (Å²) in [7, 11) is 0. The van der Waals surface area contributed by atoms with E-state index in [0.717, 1.165) is 35.4 Å². The van der Waals surface area contributed by atoms with Gasteiger partial charge in [-0.25, -0.2) is 0 Å². The van der Waals surface area contributed by atoms with Gasteiger partial charge in [0.2, 0.25) is 0 Å². The van der Waals surface area contributed by atoms with Crippen LogP contribution in [0.1, 0.15) is 22.8 Å². The van der Waals surface area contributed by atoms with Gasteiger partial charge in [-0.3, -0.25) is 14.5 Å². The van der Waals surface area contributed by atoms with Gasteiger partial charge in [0.1, 0.15) is 5.75 Å². The number of ether oxygens (including phenoxy) is 1. The molecule has 1 heterocycles. The highest BCUT2D eigenvalue weighted by molar-refractivity contribution is 6.30. The second kappa shape index (κ2) is 9.50. The zero-order chi connectivity index (χ0) is 21.8. The highest BCUT2D eigenvalue weighted by Gasteiger charge is 2.22. The van der Waals surface area contributed by atoms with Crippen LogP contribution in [-0.4, -0.2) is 54.3 Å². The second-order valence-corrected chi connectivity index (χ2v) is 8.22. The average Bonchev–Trinajstić information content (AvgIpc) is 2.79. The van der Waals surface area contributed by atoms with Gasteiger partial charge < -0.3 is 9.64 Å². The van der Waals surface area contributed by atoms with Gasteiger partial charge >= 0.3 is 0 Å². The van der Waals surface area contributed by atoms with Crippen molar-refractivity contribution in [1.29, 1.82) is 0 Å². The largest absolute Gasteiger partial charge is 0.483 e. The van der Waals surface area contributed by atoms with Crippen molar-refractivity contribution in [3.8, 4) is 5.75 Å². The van der Waals surface area contributed by atoms with E-state index in [-0.39, 0.29) is 18.3 Å². The second-order valence-electron chi connectivity index (χ2n) is 7.79. The molecule has 0 aromatic heterocycles. The number of fused-ring (bicyclic) bond motifs is 1. The first kappa shape index (κ1) is 21.3. The summed E-state index contributed by atoms with van der Waals surface area (Å²) in [5.41, 5.74) is 1.74. The molecule has 160 valence electrons. The lowest BCUT2D eigenvalue weighted by Gasteiger charge is -2.34. The topological polar surface area (TPSA) is 49.9 Å². The van der Waals surface area contributed by atoms with E-state index in [0.29, 0.717) is 24.4 Å². The number of nitrogens with zero attached hydrogens (tertiary/aromatic N) is 2. The van der Waals surface area contributed by atoms with Crippen LogP contribution in [0.25, 0.3) is 10.8 Å². The number of ketones is 1. The third kappa shape index (κ3) is 5.06. The molecule has 0 radical (unpaired) electrons. The van der Waals surface area contributed by atoms with Crippen LogP contribution in [0.2, 0.25) is 5.02 Å². The third-order valence-corrected chi connectivity index (χ3v) is 5.89. The van der Waals surface area contributed by atoms with Gasteiger partial charge in [-0.05, 0) is 41.5 Å². The summed E-state index contributed by atoms with van der Waals surface area (Å²) >= 11 is 5.95. The van der Waals surface area contributed by atoms with Crippen molar-refractivity contribution in [3.05, 3.63) is 76.8 Å². The number of benzene rings is 3. The van der Waals surface area contributed by atoms with E-state index < -0.39 is 0 Å². The summed E-state index contributed by atoms with van der Waals surface area (Å²) < 4.78 is 5.82. The van der Waals surface area contributed by atoms with Crippen LogP contribution in [0.15, 0.2) is 60.7 Å². The maximum atomic E-state index is 12.7. The van der Waals surface area contributed by atoms with Crippen LogP contribution >= 0.6 is 11.6 Å². The minimum absolute atomic E-state index is 0.0613. The fourth-order valence-electron chi connectivity index (χ4n) is 3.97. The number of carbonyl (C=O) groups excluding carboxylic acids is 2. The Kier molecular flexibility index (Phi) is 6.54. The molecule has 0 spiro atoms. The molecule has 4 rings (SSSR count). The molecule has 0 atom stereocenters. The summed E-state index contributed by atoms with van der Waals surface area (Å²) in [5.74, 6) is 0.324. The van der Waals surface area contributed by atoms with Gasteiger partial charge in [0.05, 0.1) is 5.56 Å². The molecule has 1 fully saturated rings. The first-order chi connectivity index (χ1) is 15.0. The molecule has 0 N–H and O–H groups in total. The molecular formula is C25H25ClN2O3. The Morgan fingerprint density at radius 2 is 1.65 bits per heavy atom. The van der Waals surface area contributed by atoms with Crippen molar-refractivity contribution in [2.75, 3.05) is 32.8 Å². The zero-order valence-electron chi connectivity index (χ0n) is 17.5. The van der Waals surface area contributed by atoms with Crippen LogP contribution < -0.4 is 4.74 Å². The molecule has 0 bridgehead atoms. The van der Waals surface area contributed by atoms with Gasteiger partial charge in [0.25, 0.3) is 5.91 Å². The van der Waals surface area contributed by atoms with Gasteiger partial charge in [-0.15, -0.1) is 0 Å². The average molecular weight is 437 g/mol. The lowest BCUT2D eigenvalue weighted by Crippen LogP contribution is -2.49. The fraction of sp³-hybridized carbons (Fsp3) is 0.280. The number of Topliss-reactive ketones (excluding diaryl/α,β-unsaturated/α-hetero) is 1. The van der Waals surface area contributed by atoms with Crippen molar-refractivity contribution in [2.45, 2.75) is 13.5 Å². The lowest BCUT2D eigenvalue weighted by molar-refractivity contribution is -0.135. The summed E-state index contributed by atoms with van der Waals surface area (Å²) in [6.07, 6.45) is 0. The van der Waals surface area contributed by atoms with E-state index in [2.05, 4.69) is 4.90 Å². The van der Waals surface area contributed by atoms with E-state index in [1.54, 1.807) is 6.07 Å². The molecular weight excluding hydrogens is 412 g/mol. The summed E-state index contributed by atoms with van der Waals surface area (Å²) in [6, 6.07) is 19.2. The third-order valence-electron chi connectivity index (χ3n) is 5.64. The summed E-state index contributed by atoms with van der Waals surface area (Å²) in [5, 5.41) is 2.55. The monoisotopic (exact) mass is 436 g/mol. The molecule has 0 unspecified atom stereocenters. The standard InChI is InChI=1S/C25H25ClN2O3/c1-18(29)25-22-5-3-2-4-20(22)8-11-23(25)31-17-24(30)28-14-12-27(13-15-28)16-19-6-9-21(26)10-7-19/h2-11H,12-17H2,1H3. The maximum Gasteiger partial charge on any atom is 0.260 e. The SMILES string of the molecule is CC(=O)c1c(OCC(=O)N2CCN(Cc3ccc(Cl)cc3)CC2)ccc2ccccc12. The smallest absolute Gasteiger partial charge is 0.260 e. The van der Waals surface area contributed by atoms with Gasteiger partial charge in [-0.2, -0.15) is 0 Å². The first-order valence-corrected chi connectivity index (χ1v) is 10.8. The predicted molar refractivity (Wildman–Crippen MR) is 123 cm³/mol. The minimum Gasteiger partial charge on any atom is -0.483 e. The van der Waals surface area contributed by atoms with Gasteiger partial charge in [0, 0.05) is 37.7 Å². The van der Waals surface area contributed by atoms with E-state index in [4.69, 9.17) is 16.3 Å². The molecule has 31 heavy (non-hydrogen) atoms. The van der Waals surface area contributed by atoms with Crippen molar-refractivity contribution >= 4 is 34.1 Å². The number of hydrogen-bond acceptors (Lipinski definition) is 4. The molecule has 0 saturated carbocycles. The maximum absolute atomic E-state index is 12.7. The van der Waals surface area contributed by atoms with Gasteiger partial charge in [-0.1, -0.05) is 54.1 Å². The van der Waals surface area contributed by atoms with Crippen LogP contribution in [0, 0.1) is 0 Å². The fourth-order valence-corrected chi connectivity index (χ4v) is 4.10. The molecule has 1 aliphatic rings. The van der Waals surface area contributed by atoms with Crippen LogP contribution in [0.4, 0.5) is 0 Å². The molecule has 6 heteroatoms. The minimum atomic E-state index is -0.0740. The number of amides is 1.